The Morgan fingerprint density at radius 3 is 2.53 bits per heavy atom. The molecular weight excluding hydrogens is 402 g/mol. The third-order valence-corrected chi connectivity index (χ3v) is 5.42. The highest BCUT2D eigenvalue weighted by molar-refractivity contribution is 6.34. The lowest BCUT2D eigenvalue weighted by Crippen LogP contribution is -2.40. The number of carbonyl (C=O) groups is 2. The minimum Gasteiger partial charge on any atom is -0.496 e. The summed E-state index contributed by atoms with van der Waals surface area (Å²) in [5, 5.41) is 6.67. The molecule has 0 unspecified atom stereocenters. The zero-order valence-electron chi connectivity index (χ0n) is 17.6. The van der Waals surface area contributed by atoms with E-state index in [0.717, 1.165) is 16.8 Å². The summed E-state index contributed by atoms with van der Waals surface area (Å²) in [6.45, 7) is 3.57. The zero-order chi connectivity index (χ0) is 21.8. The predicted molar refractivity (Wildman–Crippen MR) is 118 cm³/mol. The van der Waals surface area contributed by atoms with Crippen LogP contribution < -0.4 is 4.74 Å². The summed E-state index contributed by atoms with van der Waals surface area (Å²) < 4.78 is 5.52. The lowest BCUT2D eigenvalue weighted by atomic mass is 9.97. The summed E-state index contributed by atoms with van der Waals surface area (Å²) in [6.07, 6.45) is 0.498. The first-order valence-corrected chi connectivity index (χ1v) is 10.2. The molecule has 1 atom stereocenters. The third-order valence-electron chi connectivity index (χ3n) is 5.09. The summed E-state index contributed by atoms with van der Waals surface area (Å²) in [7, 11) is 3.23. The quantitative estimate of drug-likeness (QED) is 0.696. The maximum atomic E-state index is 13.2. The largest absolute Gasteiger partial charge is 0.496 e. The minimum atomic E-state index is -0.345. The number of hydrazone groups is 1. The Kier molecular flexibility index (Phi) is 6.77. The van der Waals surface area contributed by atoms with Crippen molar-refractivity contribution in [1.82, 2.24) is 9.91 Å². The first kappa shape index (κ1) is 21.8. The summed E-state index contributed by atoms with van der Waals surface area (Å²) in [5.41, 5.74) is 2.38. The van der Waals surface area contributed by atoms with Crippen LogP contribution in [-0.2, 0) is 9.59 Å². The smallest absolute Gasteiger partial charge is 0.262 e. The van der Waals surface area contributed by atoms with Crippen molar-refractivity contribution in [2.24, 2.45) is 11.0 Å². The number of ether oxygens (including phenoxy) is 1. The molecule has 3 rings (SSSR count). The van der Waals surface area contributed by atoms with Crippen LogP contribution in [-0.4, -0.2) is 48.1 Å². The molecule has 2 amide bonds. The molecule has 0 saturated heterocycles. The molecule has 0 spiro atoms. The van der Waals surface area contributed by atoms with Gasteiger partial charge in [-0.05, 0) is 12.1 Å². The highest BCUT2D eigenvalue weighted by Gasteiger charge is 2.36. The van der Waals surface area contributed by atoms with E-state index in [1.165, 1.54) is 9.91 Å². The zero-order valence-corrected chi connectivity index (χ0v) is 18.4. The number of hydrogen-bond donors (Lipinski definition) is 0. The van der Waals surface area contributed by atoms with Crippen LogP contribution in [0, 0.1) is 5.92 Å². The molecule has 0 aromatic heterocycles. The predicted octanol–water partition coefficient (Wildman–Crippen LogP) is 4.14. The van der Waals surface area contributed by atoms with Crippen molar-refractivity contribution in [2.45, 2.75) is 26.3 Å². The number of carbonyl (C=O) groups excluding carboxylic acids is 2. The monoisotopic (exact) mass is 427 g/mol. The van der Waals surface area contributed by atoms with Crippen molar-refractivity contribution in [3.63, 3.8) is 0 Å². The van der Waals surface area contributed by atoms with E-state index < -0.39 is 0 Å². The van der Waals surface area contributed by atoms with Crippen molar-refractivity contribution >= 4 is 29.1 Å². The first-order valence-electron chi connectivity index (χ1n) is 9.85. The molecule has 1 heterocycles. The van der Waals surface area contributed by atoms with E-state index in [2.05, 4.69) is 5.10 Å². The van der Waals surface area contributed by atoms with E-state index in [1.807, 2.05) is 56.3 Å². The Hall–Kier alpha value is -2.86. The number of hydrogen-bond acceptors (Lipinski definition) is 4. The Balaban J connectivity index is 1.96. The molecule has 0 saturated carbocycles. The summed E-state index contributed by atoms with van der Waals surface area (Å²) in [4.78, 5) is 26.9. The lowest BCUT2D eigenvalue weighted by molar-refractivity contribution is -0.142. The summed E-state index contributed by atoms with van der Waals surface area (Å²) >= 11 is 6.38. The van der Waals surface area contributed by atoms with Gasteiger partial charge in [0.2, 0.25) is 5.91 Å². The first-order chi connectivity index (χ1) is 14.3. The fourth-order valence-corrected chi connectivity index (χ4v) is 3.82. The molecule has 0 bridgehead atoms. The molecule has 2 aromatic carbocycles. The highest BCUT2D eigenvalue weighted by Crippen LogP contribution is 2.38. The van der Waals surface area contributed by atoms with Crippen molar-refractivity contribution in [3.8, 4) is 5.75 Å². The molecule has 6 nitrogen and oxygen atoms in total. The van der Waals surface area contributed by atoms with E-state index in [0.29, 0.717) is 17.2 Å². The normalized spacial score (nSPS) is 15.9. The van der Waals surface area contributed by atoms with Crippen LogP contribution >= 0.6 is 11.6 Å². The van der Waals surface area contributed by atoms with Gasteiger partial charge in [-0.25, -0.2) is 5.01 Å². The fraction of sp³-hybridized carbons (Fsp3) is 0.348. The number of para-hydroxylation sites is 1. The number of halogens is 1. The molecule has 0 fully saturated rings. The maximum Gasteiger partial charge on any atom is 0.262 e. The molecule has 2 aromatic rings. The van der Waals surface area contributed by atoms with Crippen LogP contribution in [0.1, 0.15) is 37.4 Å². The Morgan fingerprint density at radius 1 is 1.20 bits per heavy atom. The number of amides is 2. The van der Waals surface area contributed by atoms with Gasteiger partial charge in [0.25, 0.3) is 5.91 Å². The maximum absolute atomic E-state index is 13.2. The molecule has 1 aliphatic heterocycles. The molecule has 0 radical (unpaired) electrons. The van der Waals surface area contributed by atoms with Crippen molar-refractivity contribution in [3.05, 3.63) is 64.7 Å². The third kappa shape index (κ3) is 4.49. The molecule has 158 valence electrons. The Morgan fingerprint density at radius 2 is 1.87 bits per heavy atom. The summed E-state index contributed by atoms with van der Waals surface area (Å²) in [6, 6.07) is 14.7. The summed E-state index contributed by atoms with van der Waals surface area (Å²) in [5.74, 6) is 0.146. The van der Waals surface area contributed by atoms with Crippen molar-refractivity contribution in [1.29, 1.82) is 0 Å². The number of likely N-dealkylation sites (N-methyl/N-ethyl adjacent to an activating group) is 1. The Labute approximate surface area is 182 Å². The van der Waals surface area contributed by atoms with Crippen LogP contribution in [0.25, 0.3) is 0 Å². The van der Waals surface area contributed by atoms with Gasteiger partial charge < -0.3 is 9.64 Å². The van der Waals surface area contributed by atoms with E-state index in [-0.39, 0.29) is 30.3 Å². The second-order valence-corrected chi connectivity index (χ2v) is 7.98. The second-order valence-electron chi connectivity index (χ2n) is 7.58. The second kappa shape index (κ2) is 9.30. The van der Waals surface area contributed by atoms with E-state index in [4.69, 9.17) is 16.3 Å². The van der Waals surface area contributed by atoms with E-state index in [9.17, 15) is 9.59 Å². The van der Waals surface area contributed by atoms with Gasteiger partial charge in [-0.3, -0.25) is 9.59 Å². The van der Waals surface area contributed by atoms with Crippen molar-refractivity contribution in [2.75, 3.05) is 20.7 Å². The van der Waals surface area contributed by atoms with Crippen LogP contribution in [0.3, 0.4) is 0 Å². The van der Waals surface area contributed by atoms with Gasteiger partial charge in [-0.1, -0.05) is 61.8 Å². The fourth-order valence-electron chi connectivity index (χ4n) is 3.58. The van der Waals surface area contributed by atoms with Gasteiger partial charge in [0.05, 0.1) is 18.9 Å². The Bertz CT molecular complexity index is 974. The van der Waals surface area contributed by atoms with Gasteiger partial charge in [-0.2, -0.15) is 5.10 Å². The number of rotatable bonds is 6. The van der Waals surface area contributed by atoms with Gasteiger partial charge in [-0.15, -0.1) is 0 Å². The number of benzene rings is 2. The van der Waals surface area contributed by atoms with Crippen LogP contribution in [0.4, 0.5) is 0 Å². The van der Waals surface area contributed by atoms with Crippen LogP contribution in [0.15, 0.2) is 53.6 Å². The topological polar surface area (TPSA) is 62.2 Å². The highest BCUT2D eigenvalue weighted by atomic mass is 35.5. The van der Waals surface area contributed by atoms with Crippen LogP contribution in [0.2, 0.25) is 5.02 Å². The molecule has 30 heavy (non-hydrogen) atoms. The number of methoxy groups -OCH3 is 1. The molecular formula is C23H26ClN3O3. The van der Waals surface area contributed by atoms with E-state index >= 15 is 0 Å². The number of nitrogens with zero attached hydrogens (tertiary/aromatic N) is 3. The van der Waals surface area contributed by atoms with Gasteiger partial charge >= 0.3 is 0 Å². The van der Waals surface area contributed by atoms with Crippen LogP contribution in [0.5, 0.6) is 5.75 Å². The minimum absolute atomic E-state index is 0.0536. The van der Waals surface area contributed by atoms with Gasteiger partial charge in [0.15, 0.2) is 0 Å². The van der Waals surface area contributed by atoms with Gasteiger partial charge in [0, 0.05) is 35.5 Å². The van der Waals surface area contributed by atoms with Gasteiger partial charge in [0.1, 0.15) is 12.3 Å². The molecule has 1 aliphatic rings. The molecule has 7 heteroatoms. The standard InChI is InChI=1S/C23H26ClN3O3/c1-15(2)23(29)26(3)14-22(28)27-20(17-10-6-8-12-21(17)30-4)13-19(25-27)16-9-5-7-11-18(16)24/h5-12,15,20H,13-14H2,1-4H3/t20-/m1/s1. The van der Waals surface area contributed by atoms with E-state index in [1.54, 1.807) is 20.2 Å². The molecule has 0 N–H and O–H groups in total. The average molecular weight is 428 g/mol. The van der Waals surface area contributed by atoms with Crippen molar-refractivity contribution < 1.29 is 14.3 Å². The molecule has 0 aliphatic carbocycles. The SMILES string of the molecule is COc1ccccc1[C@H]1CC(c2ccccc2Cl)=NN1C(=O)CN(C)C(=O)C(C)C. The lowest BCUT2D eigenvalue weighted by Gasteiger charge is -2.26. The average Bonchev–Trinajstić information content (AvgIpc) is 3.18.